The topological polar surface area (TPSA) is 87.7 Å². The third-order valence-electron chi connectivity index (χ3n) is 3.78. The normalized spacial score (nSPS) is 10.7. The van der Waals surface area contributed by atoms with Gasteiger partial charge < -0.3 is 10.3 Å². The van der Waals surface area contributed by atoms with Gasteiger partial charge in [0, 0.05) is 29.9 Å². The number of H-pyrrole nitrogens is 1. The Morgan fingerprint density at radius 3 is 2.92 bits per heavy atom. The molecule has 0 aliphatic rings. The van der Waals surface area contributed by atoms with Crippen molar-refractivity contribution < 1.29 is 4.79 Å². The maximum absolute atomic E-state index is 12.1. The number of benzene rings is 1. The minimum atomic E-state index is -0.145. The summed E-state index contributed by atoms with van der Waals surface area (Å²) >= 11 is 0. The van der Waals surface area contributed by atoms with Gasteiger partial charge in [-0.1, -0.05) is 11.6 Å². The minimum absolute atomic E-state index is 0.121. The van der Waals surface area contributed by atoms with Gasteiger partial charge in [0.2, 0.25) is 5.91 Å². The maximum Gasteiger partial charge on any atom is 0.251 e. The van der Waals surface area contributed by atoms with Crippen molar-refractivity contribution in [1.29, 1.82) is 0 Å². The Morgan fingerprint density at radius 1 is 1.25 bits per heavy atom. The Kier molecular flexibility index (Phi) is 4.65. The first kappa shape index (κ1) is 15.9. The molecule has 0 spiro atoms. The summed E-state index contributed by atoms with van der Waals surface area (Å²) in [7, 11) is 0. The van der Waals surface area contributed by atoms with Crippen molar-refractivity contribution in [3.8, 4) is 0 Å². The smallest absolute Gasteiger partial charge is 0.251 e. The van der Waals surface area contributed by atoms with Gasteiger partial charge in [0.1, 0.15) is 0 Å². The molecule has 6 nitrogen and oxygen atoms in total. The lowest BCUT2D eigenvalue weighted by atomic mass is 10.1. The van der Waals surface area contributed by atoms with E-state index in [0.717, 1.165) is 16.5 Å². The molecule has 24 heavy (non-hydrogen) atoms. The molecule has 0 atom stereocenters. The molecule has 122 valence electrons. The highest BCUT2D eigenvalue weighted by Crippen LogP contribution is 2.13. The third kappa shape index (κ3) is 3.84. The van der Waals surface area contributed by atoms with E-state index in [-0.39, 0.29) is 17.9 Å². The first-order valence-corrected chi connectivity index (χ1v) is 7.76. The molecule has 0 aliphatic carbocycles. The average Bonchev–Trinajstić information content (AvgIpc) is 2.59. The zero-order valence-corrected chi connectivity index (χ0v) is 13.4. The van der Waals surface area contributed by atoms with Crippen LogP contribution in [0.25, 0.3) is 10.9 Å². The molecule has 1 amide bonds. The van der Waals surface area contributed by atoms with E-state index in [0.29, 0.717) is 24.2 Å². The lowest BCUT2D eigenvalue weighted by molar-refractivity contribution is -0.121. The van der Waals surface area contributed by atoms with Gasteiger partial charge in [-0.25, -0.2) is 0 Å². The summed E-state index contributed by atoms with van der Waals surface area (Å²) < 4.78 is 0. The number of aromatic amines is 1. The molecule has 0 fully saturated rings. The molecular weight excluding hydrogens is 304 g/mol. The van der Waals surface area contributed by atoms with Gasteiger partial charge >= 0.3 is 0 Å². The second kappa shape index (κ2) is 7.04. The number of hydrogen-bond acceptors (Lipinski definition) is 4. The summed E-state index contributed by atoms with van der Waals surface area (Å²) in [4.78, 5) is 35.0. The summed E-state index contributed by atoms with van der Waals surface area (Å²) in [6, 6.07) is 7.72. The highest BCUT2D eigenvalue weighted by molar-refractivity contribution is 5.80. The monoisotopic (exact) mass is 322 g/mol. The summed E-state index contributed by atoms with van der Waals surface area (Å²) in [5.74, 6) is -0.121. The zero-order valence-electron chi connectivity index (χ0n) is 13.4. The second-order valence-corrected chi connectivity index (χ2v) is 5.69. The van der Waals surface area contributed by atoms with Crippen LogP contribution in [-0.2, 0) is 17.8 Å². The molecule has 2 N–H and O–H groups in total. The summed E-state index contributed by atoms with van der Waals surface area (Å²) in [5.41, 5.74) is 3.10. The van der Waals surface area contributed by atoms with Gasteiger partial charge in [-0.15, -0.1) is 0 Å². The first-order valence-electron chi connectivity index (χ1n) is 7.76. The molecule has 0 saturated heterocycles. The van der Waals surface area contributed by atoms with E-state index < -0.39 is 0 Å². The van der Waals surface area contributed by atoms with Crippen LogP contribution >= 0.6 is 0 Å². The van der Waals surface area contributed by atoms with Crippen molar-refractivity contribution in [2.45, 2.75) is 26.3 Å². The van der Waals surface area contributed by atoms with Gasteiger partial charge in [0.15, 0.2) is 0 Å². The number of pyridine rings is 1. The number of amides is 1. The first-order chi connectivity index (χ1) is 11.6. The van der Waals surface area contributed by atoms with Gasteiger partial charge in [-0.05, 0) is 36.9 Å². The van der Waals surface area contributed by atoms with Gasteiger partial charge in [-0.2, -0.15) is 0 Å². The number of rotatable bonds is 5. The van der Waals surface area contributed by atoms with Crippen molar-refractivity contribution in [1.82, 2.24) is 20.3 Å². The van der Waals surface area contributed by atoms with Crippen LogP contribution in [0, 0.1) is 6.92 Å². The summed E-state index contributed by atoms with van der Waals surface area (Å²) in [6.45, 7) is 2.34. The molecule has 0 bridgehead atoms. The van der Waals surface area contributed by atoms with E-state index in [1.165, 1.54) is 0 Å². The quantitative estimate of drug-likeness (QED) is 0.751. The van der Waals surface area contributed by atoms with E-state index in [1.807, 2.05) is 31.2 Å². The van der Waals surface area contributed by atoms with Crippen molar-refractivity contribution in [3.63, 3.8) is 0 Å². The number of aromatic nitrogens is 3. The lowest BCUT2D eigenvalue weighted by Crippen LogP contribution is -2.24. The van der Waals surface area contributed by atoms with Crippen LogP contribution in [0.4, 0.5) is 0 Å². The van der Waals surface area contributed by atoms with E-state index in [1.54, 1.807) is 18.6 Å². The van der Waals surface area contributed by atoms with Crippen LogP contribution in [0.15, 0.2) is 47.7 Å². The zero-order chi connectivity index (χ0) is 16.9. The standard InChI is InChI=1S/C18H18N4O2/c1-12-2-4-16-14(8-12)9-13(18(24)22-16)3-5-17(23)21-11-15-10-19-6-7-20-15/h2,4,6-10H,3,5,11H2,1H3,(H,21,23)(H,22,24). The van der Waals surface area contributed by atoms with Crippen molar-refractivity contribution in [2.24, 2.45) is 0 Å². The van der Waals surface area contributed by atoms with Gasteiger partial charge in [0.05, 0.1) is 18.4 Å². The molecule has 1 aromatic carbocycles. The highest BCUT2D eigenvalue weighted by atomic mass is 16.1. The van der Waals surface area contributed by atoms with E-state index in [9.17, 15) is 9.59 Å². The predicted octanol–water partition coefficient (Wildman–Crippen LogP) is 1.88. The molecule has 3 rings (SSSR count). The number of aryl methyl sites for hydroxylation is 2. The molecule has 6 heteroatoms. The fourth-order valence-corrected chi connectivity index (χ4v) is 2.50. The third-order valence-corrected chi connectivity index (χ3v) is 3.78. The fraction of sp³-hybridized carbons (Fsp3) is 0.222. The molecule has 2 heterocycles. The number of nitrogens with zero attached hydrogens (tertiary/aromatic N) is 2. The molecule has 0 unspecified atom stereocenters. The Morgan fingerprint density at radius 2 is 2.12 bits per heavy atom. The lowest BCUT2D eigenvalue weighted by Gasteiger charge is -2.06. The molecule has 0 aliphatic heterocycles. The van der Waals surface area contributed by atoms with Crippen molar-refractivity contribution in [3.05, 3.63) is 70.0 Å². The Balaban J connectivity index is 1.63. The highest BCUT2D eigenvalue weighted by Gasteiger charge is 2.07. The van der Waals surface area contributed by atoms with Crippen LogP contribution < -0.4 is 10.9 Å². The maximum atomic E-state index is 12.1. The fourth-order valence-electron chi connectivity index (χ4n) is 2.50. The van der Waals surface area contributed by atoms with Crippen LogP contribution in [0.2, 0.25) is 0 Å². The number of carbonyl (C=O) groups excluding carboxylic acids is 1. The van der Waals surface area contributed by atoms with Crippen LogP contribution in [0.1, 0.15) is 23.2 Å². The van der Waals surface area contributed by atoms with Crippen molar-refractivity contribution in [2.75, 3.05) is 0 Å². The minimum Gasteiger partial charge on any atom is -0.350 e. The summed E-state index contributed by atoms with van der Waals surface area (Å²) in [6.07, 6.45) is 5.42. The predicted molar refractivity (Wildman–Crippen MR) is 91.5 cm³/mol. The molecule has 2 aromatic heterocycles. The van der Waals surface area contributed by atoms with Crippen LogP contribution in [0.3, 0.4) is 0 Å². The molecular formula is C18H18N4O2. The Labute approximate surface area is 139 Å². The molecule has 0 saturated carbocycles. The second-order valence-electron chi connectivity index (χ2n) is 5.69. The van der Waals surface area contributed by atoms with Crippen LogP contribution in [-0.4, -0.2) is 20.9 Å². The van der Waals surface area contributed by atoms with Crippen LogP contribution in [0.5, 0.6) is 0 Å². The Bertz CT molecular complexity index is 919. The van der Waals surface area contributed by atoms with E-state index in [2.05, 4.69) is 20.3 Å². The number of fused-ring (bicyclic) bond motifs is 1. The van der Waals surface area contributed by atoms with E-state index in [4.69, 9.17) is 0 Å². The Hall–Kier alpha value is -3.02. The van der Waals surface area contributed by atoms with Gasteiger partial charge in [0.25, 0.3) is 5.56 Å². The van der Waals surface area contributed by atoms with E-state index >= 15 is 0 Å². The number of nitrogens with one attached hydrogen (secondary N) is 2. The number of carbonyl (C=O) groups is 1. The largest absolute Gasteiger partial charge is 0.350 e. The molecule has 0 radical (unpaired) electrons. The average molecular weight is 322 g/mol. The SMILES string of the molecule is Cc1ccc2[nH]c(=O)c(CCC(=O)NCc3cnccn3)cc2c1. The molecule has 3 aromatic rings. The van der Waals surface area contributed by atoms with Crippen molar-refractivity contribution >= 4 is 16.8 Å². The number of hydrogen-bond donors (Lipinski definition) is 2. The van der Waals surface area contributed by atoms with Gasteiger partial charge in [-0.3, -0.25) is 19.6 Å². The summed E-state index contributed by atoms with van der Waals surface area (Å²) in [5, 5.41) is 3.76.